The number of carbonyl (C=O) groups excluding carboxylic acids is 1. The van der Waals surface area contributed by atoms with Crippen LogP contribution in [-0.4, -0.2) is 39.0 Å². The molecular formula is C15H13Cl2F2N5O2. The number of rotatable bonds is 3. The third-order valence-corrected chi connectivity index (χ3v) is 4.28. The second kappa shape index (κ2) is 7.08. The smallest absolute Gasteiger partial charge is 0.318 e. The summed E-state index contributed by atoms with van der Waals surface area (Å²) in [4.78, 5) is 21.5. The van der Waals surface area contributed by atoms with Gasteiger partial charge in [-0.25, -0.2) is 23.5 Å². The highest BCUT2D eigenvalue weighted by atomic mass is 35.5. The summed E-state index contributed by atoms with van der Waals surface area (Å²) in [5.74, 6) is -0.276. The van der Waals surface area contributed by atoms with Crippen LogP contribution in [0.3, 0.4) is 0 Å². The Balaban J connectivity index is 1.98. The van der Waals surface area contributed by atoms with Gasteiger partial charge in [0.2, 0.25) is 5.95 Å². The summed E-state index contributed by atoms with van der Waals surface area (Å²) in [6, 6.07) is 2.07. The largest absolute Gasteiger partial charge is 0.507 e. The van der Waals surface area contributed by atoms with Gasteiger partial charge in [-0.15, -0.1) is 0 Å². The number of amides is 2. The van der Waals surface area contributed by atoms with Gasteiger partial charge in [-0.3, -0.25) is 0 Å². The Hall–Kier alpha value is -2.39. The number of hydrogen-bond acceptors (Lipinski definition) is 5. The predicted octanol–water partition coefficient (Wildman–Crippen LogP) is 3.03. The molecule has 2 amide bonds. The Kier molecular flexibility index (Phi) is 5.01. The van der Waals surface area contributed by atoms with E-state index in [0.29, 0.717) is 11.3 Å². The van der Waals surface area contributed by atoms with Gasteiger partial charge in [0.1, 0.15) is 5.75 Å². The van der Waals surface area contributed by atoms with Crippen molar-refractivity contribution in [1.82, 2.24) is 20.2 Å². The van der Waals surface area contributed by atoms with Crippen LogP contribution in [0.1, 0.15) is 11.3 Å². The topological polar surface area (TPSA) is 104 Å². The number of nitrogens with two attached hydrogens (primary N) is 1. The van der Waals surface area contributed by atoms with Gasteiger partial charge in [-0.2, -0.15) is 0 Å². The first-order valence-corrected chi connectivity index (χ1v) is 8.16. The summed E-state index contributed by atoms with van der Waals surface area (Å²) in [5.41, 5.74) is 7.16. The van der Waals surface area contributed by atoms with E-state index in [0.717, 1.165) is 0 Å². The van der Waals surface area contributed by atoms with E-state index in [9.17, 15) is 18.7 Å². The zero-order valence-corrected chi connectivity index (χ0v) is 14.7. The molecule has 7 nitrogen and oxygen atoms in total. The van der Waals surface area contributed by atoms with Gasteiger partial charge in [-0.1, -0.05) is 23.2 Å². The van der Waals surface area contributed by atoms with Crippen molar-refractivity contribution in [2.45, 2.75) is 19.5 Å². The quantitative estimate of drug-likeness (QED) is 0.730. The highest BCUT2D eigenvalue weighted by molar-refractivity contribution is 6.36. The molecule has 1 aromatic heterocycles. The number of aromatic hydroxyl groups is 1. The van der Waals surface area contributed by atoms with Crippen molar-refractivity contribution in [3.63, 3.8) is 0 Å². The van der Waals surface area contributed by atoms with Gasteiger partial charge in [0.15, 0.2) is 0 Å². The minimum absolute atomic E-state index is 0.0540. The van der Waals surface area contributed by atoms with Crippen LogP contribution < -0.4 is 11.1 Å². The summed E-state index contributed by atoms with van der Waals surface area (Å²) < 4.78 is 24.6. The molecule has 0 radical (unpaired) electrons. The molecule has 0 saturated carbocycles. The molecule has 3 rings (SSSR count). The lowest BCUT2D eigenvalue weighted by molar-refractivity contribution is 0.139. The van der Waals surface area contributed by atoms with E-state index in [-0.39, 0.29) is 46.1 Å². The zero-order valence-electron chi connectivity index (χ0n) is 13.1. The molecule has 2 heterocycles. The average Bonchev–Trinajstić information content (AvgIpc) is 2.95. The number of phenolic OH excluding ortho intramolecular Hbond substituents is 1. The van der Waals surface area contributed by atoms with Crippen LogP contribution in [0.25, 0.3) is 11.3 Å². The first-order valence-electron chi connectivity index (χ1n) is 7.40. The highest BCUT2D eigenvalue weighted by Crippen LogP contribution is 2.41. The molecule has 0 saturated heterocycles. The van der Waals surface area contributed by atoms with Gasteiger partial charge in [0.05, 0.1) is 41.6 Å². The SMILES string of the molecule is Nc1nc2c(c(-c3c(O)cc(Cl)cc3Cl)n1)CN(C(=O)NCC(F)F)C2. The van der Waals surface area contributed by atoms with Gasteiger partial charge < -0.3 is 21.1 Å². The molecule has 0 fully saturated rings. The highest BCUT2D eigenvalue weighted by Gasteiger charge is 2.30. The maximum absolute atomic E-state index is 12.3. The fourth-order valence-electron chi connectivity index (χ4n) is 2.70. The van der Waals surface area contributed by atoms with E-state index in [1.54, 1.807) is 0 Å². The minimum atomic E-state index is -2.65. The molecule has 0 bridgehead atoms. The molecule has 0 aliphatic carbocycles. The Labute approximate surface area is 156 Å². The molecule has 2 aromatic rings. The van der Waals surface area contributed by atoms with E-state index in [1.807, 2.05) is 0 Å². The predicted molar refractivity (Wildman–Crippen MR) is 92.2 cm³/mol. The average molecular weight is 404 g/mol. The first-order chi connectivity index (χ1) is 12.3. The van der Waals surface area contributed by atoms with E-state index >= 15 is 0 Å². The lowest BCUT2D eigenvalue weighted by Gasteiger charge is -2.16. The normalized spacial score (nSPS) is 13.2. The summed E-state index contributed by atoms with van der Waals surface area (Å²) >= 11 is 12.0. The fraction of sp³-hybridized carbons (Fsp3) is 0.267. The number of hydrogen-bond donors (Lipinski definition) is 3. The molecular weight excluding hydrogens is 391 g/mol. The number of phenols is 1. The maximum atomic E-state index is 12.3. The van der Waals surface area contributed by atoms with Gasteiger partial charge >= 0.3 is 6.03 Å². The third-order valence-electron chi connectivity index (χ3n) is 3.77. The van der Waals surface area contributed by atoms with Crippen LogP contribution >= 0.6 is 23.2 Å². The number of anilines is 1. The molecule has 11 heteroatoms. The number of fused-ring (bicyclic) bond motifs is 1. The second-order valence-electron chi connectivity index (χ2n) is 5.57. The molecule has 0 atom stereocenters. The van der Waals surface area contributed by atoms with Crippen LogP contribution in [0.15, 0.2) is 12.1 Å². The molecule has 4 N–H and O–H groups in total. The molecule has 0 unspecified atom stereocenters. The fourth-order valence-corrected chi connectivity index (χ4v) is 3.27. The van der Waals surface area contributed by atoms with Crippen molar-refractivity contribution >= 4 is 35.2 Å². The van der Waals surface area contributed by atoms with E-state index in [2.05, 4.69) is 15.3 Å². The van der Waals surface area contributed by atoms with Gasteiger partial charge in [-0.05, 0) is 12.1 Å². The number of aromatic nitrogens is 2. The van der Waals surface area contributed by atoms with Crippen molar-refractivity contribution in [3.8, 4) is 17.0 Å². The first kappa shape index (κ1) is 18.4. The maximum Gasteiger partial charge on any atom is 0.318 e. The Bertz CT molecular complexity index is 858. The number of nitrogen functional groups attached to an aromatic ring is 1. The van der Waals surface area contributed by atoms with Crippen LogP contribution in [0.5, 0.6) is 5.75 Å². The molecule has 0 spiro atoms. The molecule has 1 aliphatic rings. The standard InChI is InChI=1S/C15H13Cl2F2N5O2/c16-6-1-8(17)12(10(25)2-6)13-7-4-24(15(26)21-3-11(18)19)5-9(7)22-14(20)23-13/h1-2,11,25H,3-5H2,(H,21,26)(H2,20,22,23). The number of carbonyl (C=O) groups is 1. The Morgan fingerprint density at radius 1 is 1.35 bits per heavy atom. The molecule has 1 aliphatic heterocycles. The number of halogens is 4. The van der Waals surface area contributed by atoms with Crippen molar-refractivity contribution < 1.29 is 18.7 Å². The summed E-state index contributed by atoms with van der Waals surface area (Å²) in [7, 11) is 0. The minimum Gasteiger partial charge on any atom is -0.507 e. The summed E-state index contributed by atoms with van der Waals surface area (Å²) in [6.07, 6.45) is -2.65. The number of nitrogens with one attached hydrogen (secondary N) is 1. The zero-order chi connectivity index (χ0) is 19.0. The van der Waals surface area contributed by atoms with Crippen molar-refractivity contribution in [2.75, 3.05) is 12.3 Å². The number of nitrogens with zero attached hydrogens (tertiary/aromatic N) is 3. The van der Waals surface area contributed by atoms with Crippen LogP contribution in [0.2, 0.25) is 10.0 Å². The molecule has 138 valence electrons. The van der Waals surface area contributed by atoms with Crippen molar-refractivity contribution in [1.29, 1.82) is 0 Å². The lowest BCUT2D eigenvalue weighted by atomic mass is 10.0. The summed E-state index contributed by atoms with van der Waals surface area (Å²) in [5, 5.41) is 12.7. The van der Waals surface area contributed by atoms with Crippen molar-refractivity contribution in [3.05, 3.63) is 33.4 Å². The van der Waals surface area contributed by atoms with Gasteiger partial charge in [0.25, 0.3) is 6.43 Å². The molecule has 1 aromatic carbocycles. The van der Waals surface area contributed by atoms with E-state index < -0.39 is 19.0 Å². The monoisotopic (exact) mass is 403 g/mol. The number of benzene rings is 1. The number of urea groups is 1. The van der Waals surface area contributed by atoms with Crippen LogP contribution in [0.4, 0.5) is 19.5 Å². The Morgan fingerprint density at radius 3 is 2.73 bits per heavy atom. The summed E-state index contributed by atoms with van der Waals surface area (Å²) in [6.45, 7) is -0.634. The molecule has 26 heavy (non-hydrogen) atoms. The third kappa shape index (κ3) is 3.58. The second-order valence-corrected chi connectivity index (χ2v) is 6.41. The van der Waals surface area contributed by atoms with E-state index in [4.69, 9.17) is 28.9 Å². The lowest BCUT2D eigenvalue weighted by Crippen LogP contribution is -2.38. The van der Waals surface area contributed by atoms with Crippen molar-refractivity contribution in [2.24, 2.45) is 0 Å². The van der Waals surface area contributed by atoms with E-state index in [1.165, 1.54) is 17.0 Å². The number of alkyl halides is 2. The van der Waals surface area contributed by atoms with Crippen LogP contribution in [0, 0.1) is 0 Å². The Morgan fingerprint density at radius 2 is 2.08 bits per heavy atom. The van der Waals surface area contributed by atoms with Crippen LogP contribution in [-0.2, 0) is 13.1 Å². The van der Waals surface area contributed by atoms with Gasteiger partial charge in [0, 0.05) is 10.6 Å².